The number of benzene rings is 1. The summed E-state index contributed by atoms with van der Waals surface area (Å²) in [6, 6.07) is 6.01. The fourth-order valence-corrected chi connectivity index (χ4v) is 6.63. The molecule has 0 saturated heterocycles. The van der Waals surface area contributed by atoms with E-state index in [4.69, 9.17) is 9.47 Å². The molecular weight excluding hydrogens is 312 g/mol. The minimum atomic E-state index is -1.44. The van der Waals surface area contributed by atoms with Crippen molar-refractivity contribution in [2.45, 2.75) is 83.3 Å². The molecule has 0 unspecified atom stereocenters. The summed E-state index contributed by atoms with van der Waals surface area (Å²) in [5.74, 6) is 2.72. The number of rotatable bonds is 7. The average molecular weight is 349 g/mol. The highest BCUT2D eigenvalue weighted by Gasteiger charge is 2.28. The van der Waals surface area contributed by atoms with Crippen LogP contribution in [0.1, 0.15) is 69.8 Å². The van der Waals surface area contributed by atoms with E-state index < -0.39 is 8.07 Å². The molecule has 0 amide bonds. The highest BCUT2D eigenvalue weighted by molar-refractivity contribution is 6.89. The summed E-state index contributed by atoms with van der Waals surface area (Å²) < 4.78 is 11.7. The van der Waals surface area contributed by atoms with E-state index in [1.165, 1.54) is 68.2 Å². The Labute approximate surface area is 150 Å². The number of unbranched alkanes of at least 4 members (excludes halogenated alkanes) is 1. The van der Waals surface area contributed by atoms with Crippen LogP contribution in [0.3, 0.4) is 0 Å². The molecular formula is C21H36O2Si. The Balaban J connectivity index is 2.41. The van der Waals surface area contributed by atoms with E-state index in [1.54, 1.807) is 0 Å². The van der Waals surface area contributed by atoms with Crippen LogP contribution in [0.15, 0.2) is 12.1 Å². The highest BCUT2D eigenvalue weighted by Crippen LogP contribution is 2.42. The van der Waals surface area contributed by atoms with Gasteiger partial charge in [-0.05, 0) is 30.9 Å². The number of hydrogen-bond donors (Lipinski definition) is 0. The first kappa shape index (κ1) is 19.4. The summed E-state index contributed by atoms with van der Waals surface area (Å²) in [5, 5.41) is 1.47. The van der Waals surface area contributed by atoms with Gasteiger partial charge in [0.2, 0.25) is 0 Å². The molecule has 1 aliphatic carbocycles. The molecule has 0 atom stereocenters. The van der Waals surface area contributed by atoms with Crippen molar-refractivity contribution in [3.05, 3.63) is 17.7 Å². The quantitative estimate of drug-likeness (QED) is 0.454. The standard InChI is InChI=1S/C21H36O2Si/c1-6-7-14-24(4,5)18-15-19(22-2)21(20(16-18)23-3)17-12-10-8-9-11-13-17/h15-17H,6-14H2,1-5H3. The third kappa shape index (κ3) is 4.56. The van der Waals surface area contributed by atoms with Crippen LogP contribution in [0.25, 0.3) is 0 Å². The second kappa shape index (κ2) is 8.94. The molecule has 1 saturated carbocycles. The molecule has 1 aliphatic rings. The fourth-order valence-electron chi connectivity index (χ4n) is 4.06. The summed E-state index contributed by atoms with van der Waals surface area (Å²) in [6.45, 7) is 7.23. The molecule has 1 fully saturated rings. The maximum absolute atomic E-state index is 5.86. The van der Waals surface area contributed by atoms with Crippen LogP contribution in [0.2, 0.25) is 19.1 Å². The van der Waals surface area contributed by atoms with Gasteiger partial charge in [0.05, 0.1) is 22.3 Å². The van der Waals surface area contributed by atoms with Crippen molar-refractivity contribution in [3.63, 3.8) is 0 Å². The van der Waals surface area contributed by atoms with Gasteiger partial charge in [-0.1, -0.05) is 69.8 Å². The van der Waals surface area contributed by atoms with Crippen molar-refractivity contribution in [1.82, 2.24) is 0 Å². The Bertz CT molecular complexity index is 492. The number of methoxy groups -OCH3 is 2. The van der Waals surface area contributed by atoms with Gasteiger partial charge in [-0.25, -0.2) is 0 Å². The smallest absolute Gasteiger partial charge is 0.125 e. The Morgan fingerprint density at radius 3 is 1.96 bits per heavy atom. The first-order valence-corrected chi connectivity index (χ1v) is 13.0. The SMILES string of the molecule is CCCC[Si](C)(C)c1cc(OC)c(C2CCCCCC2)c(OC)c1. The Hall–Kier alpha value is -0.963. The summed E-state index contributed by atoms with van der Waals surface area (Å²) in [7, 11) is 2.20. The summed E-state index contributed by atoms with van der Waals surface area (Å²) in [5.41, 5.74) is 1.32. The molecule has 0 bridgehead atoms. The van der Waals surface area contributed by atoms with E-state index in [0.29, 0.717) is 5.92 Å². The monoisotopic (exact) mass is 348 g/mol. The second-order valence-electron chi connectivity index (χ2n) is 7.97. The van der Waals surface area contributed by atoms with Gasteiger partial charge in [-0.3, -0.25) is 0 Å². The maximum Gasteiger partial charge on any atom is 0.125 e. The minimum absolute atomic E-state index is 0.590. The zero-order chi connectivity index (χ0) is 17.6. The summed E-state index contributed by atoms with van der Waals surface area (Å²) in [6.07, 6.45) is 10.5. The maximum atomic E-state index is 5.86. The Kier molecular flexibility index (Phi) is 7.21. The first-order valence-electron chi connectivity index (χ1n) is 9.80. The summed E-state index contributed by atoms with van der Waals surface area (Å²) in [4.78, 5) is 0. The van der Waals surface area contributed by atoms with Crippen molar-refractivity contribution in [2.24, 2.45) is 0 Å². The molecule has 1 aromatic carbocycles. The van der Waals surface area contributed by atoms with Gasteiger partial charge in [-0.2, -0.15) is 0 Å². The fraction of sp³-hybridized carbons (Fsp3) is 0.714. The van der Waals surface area contributed by atoms with Gasteiger partial charge in [0, 0.05) is 5.56 Å². The van der Waals surface area contributed by atoms with Gasteiger partial charge in [0.15, 0.2) is 0 Å². The lowest BCUT2D eigenvalue weighted by atomic mass is 9.90. The highest BCUT2D eigenvalue weighted by atomic mass is 28.3. The molecule has 24 heavy (non-hydrogen) atoms. The number of ether oxygens (including phenoxy) is 2. The lowest BCUT2D eigenvalue weighted by molar-refractivity contribution is 0.374. The van der Waals surface area contributed by atoms with Crippen molar-refractivity contribution < 1.29 is 9.47 Å². The van der Waals surface area contributed by atoms with Crippen molar-refractivity contribution in [2.75, 3.05) is 14.2 Å². The topological polar surface area (TPSA) is 18.5 Å². The molecule has 3 heteroatoms. The van der Waals surface area contributed by atoms with Gasteiger partial charge >= 0.3 is 0 Å². The summed E-state index contributed by atoms with van der Waals surface area (Å²) >= 11 is 0. The largest absolute Gasteiger partial charge is 0.496 e. The van der Waals surface area contributed by atoms with E-state index in [0.717, 1.165) is 11.5 Å². The van der Waals surface area contributed by atoms with E-state index in [-0.39, 0.29) is 0 Å². The Morgan fingerprint density at radius 1 is 0.958 bits per heavy atom. The van der Waals surface area contributed by atoms with Gasteiger partial charge in [-0.15, -0.1) is 0 Å². The molecule has 0 spiro atoms. The normalized spacial score (nSPS) is 16.7. The zero-order valence-electron chi connectivity index (χ0n) is 16.4. The molecule has 0 N–H and O–H groups in total. The van der Waals surface area contributed by atoms with Crippen LogP contribution < -0.4 is 14.7 Å². The lowest BCUT2D eigenvalue weighted by Crippen LogP contribution is -2.41. The van der Waals surface area contributed by atoms with Crippen LogP contribution in [0, 0.1) is 0 Å². The molecule has 1 aromatic rings. The third-order valence-electron chi connectivity index (χ3n) is 5.74. The van der Waals surface area contributed by atoms with Gasteiger partial charge in [0.1, 0.15) is 11.5 Å². The average Bonchev–Trinajstić information content (AvgIpc) is 2.87. The van der Waals surface area contributed by atoms with Crippen LogP contribution in [-0.4, -0.2) is 22.3 Å². The molecule has 2 rings (SSSR count). The molecule has 2 nitrogen and oxygen atoms in total. The molecule has 0 aromatic heterocycles. The zero-order valence-corrected chi connectivity index (χ0v) is 17.4. The van der Waals surface area contributed by atoms with Crippen molar-refractivity contribution >= 4 is 13.3 Å². The van der Waals surface area contributed by atoms with Crippen LogP contribution in [-0.2, 0) is 0 Å². The lowest BCUT2D eigenvalue weighted by Gasteiger charge is -2.27. The van der Waals surface area contributed by atoms with Gasteiger partial charge in [0.25, 0.3) is 0 Å². The van der Waals surface area contributed by atoms with Gasteiger partial charge < -0.3 is 9.47 Å². The van der Waals surface area contributed by atoms with Crippen LogP contribution >= 0.6 is 0 Å². The van der Waals surface area contributed by atoms with Crippen molar-refractivity contribution in [1.29, 1.82) is 0 Å². The third-order valence-corrected chi connectivity index (χ3v) is 9.20. The first-order chi connectivity index (χ1) is 11.5. The van der Waals surface area contributed by atoms with E-state index in [1.807, 2.05) is 14.2 Å². The van der Waals surface area contributed by atoms with E-state index in [9.17, 15) is 0 Å². The number of hydrogen-bond acceptors (Lipinski definition) is 2. The molecule has 0 radical (unpaired) electrons. The van der Waals surface area contributed by atoms with E-state index in [2.05, 4.69) is 32.2 Å². The Morgan fingerprint density at radius 2 is 1.50 bits per heavy atom. The predicted molar refractivity (Wildman–Crippen MR) is 107 cm³/mol. The molecule has 136 valence electrons. The molecule has 0 aliphatic heterocycles. The van der Waals surface area contributed by atoms with Crippen LogP contribution in [0.5, 0.6) is 11.5 Å². The van der Waals surface area contributed by atoms with Crippen LogP contribution in [0.4, 0.5) is 0 Å². The second-order valence-corrected chi connectivity index (χ2v) is 12.8. The predicted octanol–water partition coefficient (Wildman–Crippen LogP) is 5.86. The van der Waals surface area contributed by atoms with Crippen molar-refractivity contribution in [3.8, 4) is 11.5 Å². The van der Waals surface area contributed by atoms with E-state index >= 15 is 0 Å². The molecule has 0 heterocycles. The minimum Gasteiger partial charge on any atom is -0.496 e.